The Balaban J connectivity index is 0.00000225. The summed E-state index contributed by atoms with van der Waals surface area (Å²) in [6.07, 6.45) is -4.69. The van der Waals surface area contributed by atoms with Crippen LogP contribution in [0.15, 0.2) is 18.2 Å². The van der Waals surface area contributed by atoms with Crippen molar-refractivity contribution in [3.8, 4) is 0 Å². The van der Waals surface area contributed by atoms with Crippen molar-refractivity contribution < 1.29 is 77.5 Å². The fourth-order valence-corrected chi connectivity index (χ4v) is 1.27. The van der Waals surface area contributed by atoms with E-state index in [4.69, 9.17) is 11.6 Å². The van der Waals surface area contributed by atoms with E-state index in [1.807, 2.05) is 0 Å². The average molecular weight is 286 g/mol. The summed E-state index contributed by atoms with van der Waals surface area (Å²) in [6.45, 7) is -5.38. The minimum Gasteiger partial charge on any atom is -0.445 e. The second-order valence-electron chi connectivity index (χ2n) is 2.81. The van der Waals surface area contributed by atoms with E-state index in [-0.39, 0.29) is 57.5 Å². The molecule has 16 heavy (non-hydrogen) atoms. The van der Waals surface area contributed by atoms with Crippen LogP contribution in [0.2, 0.25) is 5.02 Å². The number of alkyl halides is 3. The first-order valence-electron chi connectivity index (χ1n) is 3.69. The van der Waals surface area contributed by atoms with E-state index < -0.39 is 29.2 Å². The molecule has 1 aromatic rings. The van der Waals surface area contributed by atoms with Crippen molar-refractivity contribution >= 4 is 24.0 Å². The smallest absolute Gasteiger partial charge is 0.445 e. The molecule has 84 valence electrons. The normalized spacial score (nSPS) is 12.2. The van der Waals surface area contributed by atoms with E-state index in [0.29, 0.717) is 12.1 Å². The molecule has 0 spiro atoms. The molecule has 0 unspecified atom stereocenters. The first-order chi connectivity index (χ1) is 6.62. The van der Waals surface area contributed by atoms with Gasteiger partial charge in [0.2, 0.25) is 0 Å². The van der Waals surface area contributed by atoms with E-state index in [9.17, 15) is 26.1 Å². The fourth-order valence-electron chi connectivity index (χ4n) is 0.969. The summed E-state index contributed by atoms with van der Waals surface area (Å²) >= 11 is 5.12. The first-order valence-corrected chi connectivity index (χ1v) is 4.07. The van der Waals surface area contributed by atoms with Crippen LogP contribution in [-0.2, 0) is 6.18 Å². The van der Waals surface area contributed by atoms with E-state index in [2.05, 4.69) is 0 Å². The van der Waals surface area contributed by atoms with Crippen LogP contribution in [0.5, 0.6) is 0 Å². The van der Waals surface area contributed by atoms with E-state index in [1.165, 1.54) is 0 Å². The third-order valence-electron chi connectivity index (χ3n) is 1.68. The zero-order valence-electron chi connectivity index (χ0n) is 7.96. The summed E-state index contributed by atoms with van der Waals surface area (Å²) in [7, 11) is 0. The number of hydrogen-bond acceptors (Lipinski definition) is 0. The summed E-state index contributed by atoms with van der Waals surface area (Å²) < 4.78 is 72.7. The molecule has 0 radical (unpaired) electrons. The molecule has 0 bridgehead atoms. The average Bonchev–Trinajstić information content (AvgIpc) is 1.99. The largest absolute Gasteiger partial charge is 1.00 e. The summed E-state index contributed by atoms with van der Waals surface area (Å²) in [5.41, 5.74) is -2.42. The quantitative estimate of drug-likeness (QED) is 0.518. The Morgan fingerprint density at radius 3 is 1.88 bits per heavy atom. The summed E-state index contributed by atoms with van der Waals surface area (Å²) in [5.74, 6) is 0. The molecule has 1 rings (SSSR count). The molecule has 0 aromatic heterocycles. The standard InChI is InChI=1S/C7H3BClF6.K/c9-6-3-4(7(10,11)12)1-2-5(6)8(13,14)15;/h1-3H;/q-1;+1. The maximum Gasteiger partial charge on any atom is 1.00 e. The van der Waals surface area contributed by atoms with Gasteiger partial charge in [0, 0.05) is 5.02 Å². The van der Waals surface area contributed by atoms with Crippen LogP contribution < -0.4 is 56.8 Å². The first kappa shape index (κ1) is 16.8. The number of hydrogen-bond donors (Lipinski definition) is 0. The van der Waals surface area contributed by atoms with Gasteiger partial charge in [-0.15, -0.1) is 0 Å². The molecule has 1 aromatic carbocycles. The van der Waals surface area contributed by atoms with Gasteiger partial charge in [0.25, 0.3) is 0 Å². The van der Waals surface area contributed by atoms with Crippen molar-refractivity contribution in [2.45, 2.75) is 6.18 Å². The molecule has 0 aliphatic carbocycles. The van der Waals surface area contributed by atoms with Crippen LogP contribution in [0.25, 0.3) is 0 Å². The van der Waals surface area contributed by atoms with Gasteiger partial charge >= 0.3 is 64.5 Å². The molecule has 0 aliphatic rings. The molecule has 0 nitrogen and oxygen atoms in total. The maximum atomic E-state index is 12.2. The van der Waals surface area contributed by atoms with Gasteiger partial charge < -0.3 is 12.9 Å². The Morgan fingerprint density at radius 2 is 1.56 bits per heavy atom. The number of rotatable bonds is 1. The SMILES string of the molecule is F[B-](F)(F)c1ccc(C(F)(F)F)cc1Cl.[K+]. The van der Waals surface area contributed by atoms with E-state index in [0.717, 1.165) is 0 Å². The van der Waals surface area contributed by atoms with Gasteiger partial charge in [-0.25, -0.2) is 0 Å². The molecule has 9 heteroatoms. The molecule has 0 saturated carbocycles. The number of halogens is 7. The van der Waals surface area contributed by atoms with Crippen LogP contribution >= 0.6 is 11.6 Å². The van der Waals surface area contributed by atoms with E-state index in [1.54, 1.807) is 0 Å². The van der Waals surface area contributed by atoms with E-state index >= 15 is 0 Å². The van der Waals surface area contributed by atoms with Crippen molar-refractivity contribution in [1.82, 2.24) is 0 Å². The van der Waals surface area contributed by atoms with Gasteiger partial charge in [0.05, 0.1) is 5.56 Å². The van der Waals surface area contributed by atoms with Crippen LogP contribution in [0.4, 0.5) is 26.1 Å². The summed E-state index contributed by atoms with van der Waals surface area (Å²) in [4.78, 5) is 0. The van der Waals surface area contributed by atoms with Gasteiger partial charge in [0.15, 0.2) is 0 Å². The van der Waals surface area contributed by atoms with Crippen LogP contribution in [0.1, 0.15) is 5.56 Å². The third kappa shape index (κ3) is 4.23. The molecule has 0 N–H and O–H groups in total. The zero-order valence-corrected chi connectivity index (χ0v) is 11.8. The van der Waals surface area contributed by atoms with Crippen molar-refractivity contribution in [3.05, 3.63) is 28.8 Å². The van der Waals surface area contributed by atoms with Crippen LogP contribution in [0.3, 0.4) is 0 Å². The predicted octanol–water partition coefficient (Wildman–Crippen LogP) is 0.417. The van der Waals surface area contributed by atoms with Crippen molar-refractivity contribution in [1.29, 1.82) is 0 Å². The molecule has 0 fully saturated rings. The molecule has 0 aliphatic heterocycles. The molecule has 0 amide bonds. The molecular formula is C7H3BClF6K. The maximum absolute atomic E-state index is 12.2. The Labute approximate surface area is 135 Å². The van der Waals surface area contributed by atoms with Crippen LogP contribution in [0, 0.1) is 0 Å². The van der Waals surface area contributed by atoms with Crippen LogP contribution in [-0.4, -0.2) is 6.98 Å². The number of benzene rings is 1. The minimum absolute atomic E-state index is 0. The third-order valence-corrected chi connectivity index (χ3v) is 2.01. The van der Waals surface area contributed by atoms with Gasteiger partial charge in [-0.05, 0) is 6.07 Å². The second-order valence-corrected chi connectivity index (χ2v) is 3.22. The fraction of sp³-hybridized carbons (Fsp3) is 0.143. The zero-order chi connectivity index (χ0) is 11.9. The predicted molar refractivity (Wildman–Crippen MR) is 45.2 cm³/mol. The molecule has 0 atom stereocenters. The van der Waals surface area contributed by atoms with Gasteiger partial charge in [-0.2, -0.15) is 13.2 Å². The second kappa shape index (κ2) is 5.62. The monoisotopic (exact) mass is 286 g/mol. The Bertz CT molecular complexity index is 374. The van der Waals surface area contributed by atoms with Crippen molar-refractivity contribution in [2.24, 2.45) is 0 Å². The molecule has 0 saturated heterocycles. The Morgan fingerprint density at radius 1 is 1.06 bits per heavy atom. The molecular weight excluding hydrogens is 283 g/mol. The van der Waals surface area contributed by atoms with Crippen molar-refractivity contribution in [2.75, 3.05) is 0 Å². The summed E-state index contributed by atoms with van der Waals surface area (Å²) in [6, 6.07) is 0.966. The topological polar surface area (TPSA) is 0 Å². The Hall–Kier alpha value is 0.791. The van der Waals surface area contributed by atoms with Gasteiger partial charge in [-0.3, -0.25) is 0 Å². The van der Waals surface area contributed by atoms with Gasteiger partial charge in [-0.1, -0.05) is 29.2 Å². The Kier molecular flexibility index (Phi) is 5.90. The minimum atomic E-state index is -5.38. The van der Waals surface area contributed by atoms with Gasteiger partial charge in [0.1, 0.15) is 0 Å². The molecule has 0 heterocycles. The van der Waals surface area contributed by atoms with Crippen molar-refractivity contribution in [3.63, 3.8) is 0 Å². The summed E-state index contributed by atoms with van der Waals surface area (Å²) in [5, 5.41) is -0.933.